The predicted octanol–water partition coefficient (Wildman–Crippen LogP) is 2.92. The zero-order valence-electron chi connectivity index (χ0n) is 8.66. The Labute approximate surface area is 87.8 Å². The highest BCUT2D eigenvalue weighted by molar-refractivity contribution is 7.98. The van der Waals surface area contributed by atoms with Gasteiger partial charge in [0.2, 0.25) is 0 Å². The van der Waals surface area contributed by atoms with Crippen LogP contribution in [0.2, 0.25) is 0 Å². The Kier molecular flexibility index (Phi) is 7.45. The first kappa shape index (κ1) is 14.1. The van der Waals surface area contributed by atoms with Gasteiger partial charge in [0.1, 0.15) is 0 Å². The lowest BCUT2D eigenvalue weighted by Crippen LogP contribution is -2.31. The summed E-state index contributed by atoms with van der Waals surface area (Å²) in [5.41, 5.74) is 0. The van der Waals surface area contributed by atoms with Crippen LogP contribution in [-0.2, 0) is 0 Å². The number of thioether (sulfide) groups is 1. The van der Waals surface area contributed by atoms with Gasteiger partial charge in [-0.2, -0.15) is 24.9 Å². The minimum Gasteiger partial charge on any atom is -0.308 e. The van der Waals surface area contributed by atoms with Gasteiger partial charge < -0.3 is 5.32 Å². The monoisotopic (exact) mass is 229 g/mol. The fraction of sp³-hybridized carbons (Fsp3) is 1.00. The molecule has 1 N–H and O–H groups in total. The summed E-state index contributed by atoms with van der Waals surface area (Å²) in [4.78, 5) is 0. The second-order valence-corrected chi connectivity index (χ2v) is 4.47. The van der Waals surface area contributed by atoms with Crippen molar-refractivity contribution in [1.82, 2.24) is 5.32 Å². The lowest BCUT2D eigenvalue weighted by Gasteiger charge is -2.13. The van der Waals surface area contributed by atoms with Crippen LogP contribution in [0.1, 0.15) is 19.8 Å². The third kappa shape index (κ3) is 10.2. The molecule has 0 aromatic rings. The van der Waals surface area contributed by atoms with E-state index < -0.39 is 12.7 Å². The van der Waals surface area contributed by atoms with Gasteiger partial charge in [0.25, 0.3) is 0 Å². The molecule has 0 saturated carbocycles. The number of nitrogens with one attached hydrogen (secondary N) is 1. The molecule has 1 unspecified atom stereocenters. The fourth-order valence-corrected chi connectivity index (χ4v) is 1.59. The van der Waals surface area contributed by atoms with E-state index in [1.807, 2.05) is 13.2 Å². The molecule has 0 spiro atoms. The molecule has 0 aliphatic heterocycles. The van der Waals surface area contributed by atoms with Crippen LogP contribution in [-0.4, -0.2) is 31.3 Å². The number of rotatable bonds is 7. The normalized spacial score (nSPS) is 14.4. The molecule has 1 nitrogen and oxygen atoms in total. The van der Waals surface area contributed by atoms with Crippen LogP contribution in [0, 0.1) is 5.92 Å². The Bertz CT molecular complexity index is 139. The van der Waals surface area contributed by atoms with Crippen molar-refractivity contribution in [3.8, 4) is 0 Å². The van der Waals surface area contributed by atoms with E-state index in [9.17, 15) is 13.2 Å². The Morgan fingerprint density at radius 2 is 2.00 bits per heavy atom. The van der Waals surface area contributed by atoms with E-state index in [-0.39, 0.29) is 0 Å². The van der Waals surface area contributed by atoms with Crippen LogP contribution in [0.25, 0.3) is 0 Å². The van der Waals surface area contributed by atoms with Crippen molar-refractivity contribution in [1.29, 1.82) is 0 Å². The van der Waals surface area contributed by atoms with Gasteiger partial charge in [-0.05, 0) is 37.3 Å². The third-order valence-electron chi connectivity index (χ3n) is 1.86. The van der Waals surface area contributed by atoms with Gasteiger partial charge in [-0.3, -0.25) is 0 Å². The second-order valence-electron chi connectivity index (χ2n) is 3.49. The van der Waals surface area contributed by atoms with E-state index >= 15 is 0 Å². The summed E-state index contributed by atoms with van der Waals surface area (Å²) in [6.07, 6.45) is 0.0211. The lowest BCUT2D eigenvalue weighted by atomic mass is 10.1. The molecule has 86 valence electrons. The highest BCUT2D eigenvalue weighted by Crippen LogP contribution is 2.13. The van der Waals surface area contributed by atoms with E-state index in [4.69, 9.17) is 0 Å². The number of alkyl halides is 3. The van der Waals surface area contributed by atoms with Crippen LogP contribution < -0.4 is 5.32 Å². The summed E-state index contributed by atoms with van der Waals surface area (Å²) < 4.78 is 35.2. The van der Waals surface area contributed by atoms with Crippen molar-refractivity contribution in [2.24, 2.45) is 5.92 Å². The van der Waals surface area contributed by atoms with Gasteiger partial charge in [-0.1, -0.05) is 6.92 Å². The molecule has 0 heterocycles. The molecular weight excluding hydrogens is 211 g/mol. The van der Waals surface area contributed by atoms with Crippen molar-refractivity contribution < 1.29 is 13.2 Å². The molecule has 0 aromatic carbocycles. The van der Waals surface area contributed by atoms with E-state index in [2.05, 4.69) is 5.32 Å². The average Bonchev–Trinajstić information content (AvgIpc) is 2.02. The first-order valence-corrected chi connectivity index (χ1v) is 6.11. The number of halogens is 3. The quantitative estimate of drug-likeness (QED) is 0.674. The third-order valence-corrected chi connectivity index (χ3v) is 2.56. The van der Waals surface area contributed by atoms with E-state index in [0.717, 1.165) is 18.6 Å². The van der Waals surface area contributed by atoms with Crippen LogP contribution in [0.3, 0.4) is 0 Å². The predicted molar refractivity (Wildman–Crippen MR) is 55.7 cm³/mol. The van der Waals surface area contributed by atoms with Crippen LogP contribution >= 0.6 is 11.8 Å². The van der Waals surface area contributed by atoms with Gasteiger partial charge >= 0.3 is 6.18 Å². The maximum atomic E-state index is 11.7. The summed E-state index contributed by atoms with van der Waals surface area (Å²) >= 11 is 1.77. The largest absolute Gasteiger partial charge is 0.401 e. The SMILES string of the molecule is CSCCCC(C)CNCC(F)(F)F. The van der Waals surface area contributed by atoms with Crippen molar-refractivity contribution in [3.05, 3.63) is 0 Å². The maximum absolute atomic E-state index is 11.7. The molecule has 0 radical (unpaired) electrons. The highest BCUT2D eigenvalue weighted by atomic mass is 32.2. The van der Waals surface area contributed by atoms with Gasteiger partial charge in [0.15, 0.2) is 0 Å². The van der Waals surface area contributed by atoms with Gasteiger partial charge in [-0.25, -0.2) is 0 Å². The average molecular weight is 229 g/mol. The smallest absolute Gasteiger partial charge is 0.308 e. The second kappa shape index (κ2) is 7.40. The summed E-state index contributed by atoms with van der Waals surface area (Å²) in [7, 11) is 0. The zero-order valence-corrected chi connectivity index (χ0v) is 9.47. The molecule has 0 amide bonds. The minimum absolute atomic E-state index is 0.324. The summed E-state index contributed by atoms with van der Waals surface area (Å²) in [5, 5.41) is 2.42. The summed E-state index contributed by atoms with van der Waals surface area (Å²) in [6, 6.07) is 0. The topological polar surface area (TPSA) is 12.0 Å². The van der Waals surface area contributed by atoms with Crippen LogP contribution in [0.5, 0.6) is 0 Å². The number of hydrogen-bond donors (Lipinski definition) is 1. The first-order valence-electron chi connectivity index (χ1n) is 4.72. The zero-order chi connectivity index (χ0) is 11.0. The van der Waals surface area contributed by atoms with E-state index in [0.29, 0.717) is 12.5 Å². The lowest BCUT2D eigenvalue weighted by molar-refractivity contribution is -0.125. The molecule has 0 aliphatic carbocycles. The molecule has 0 fully saturated rings. The van der Waals surface area contributed by atoms with Crippen molar-refractivity contribution >= 4 is 11.8 Å². The molecule has 0 aromatic heterocycles. The highest BCUT2D eigenvalue weighted by Gasteiger charge is 2.26. The van der Waals surface area contributed by atoms with E-state index in [1.54, 1.807) is 11.8 Å². The Morgan fingerprint density at radius 3 is 2.50 bits per heavy atom. The Morgan fingerprint density at radius 1 is 1.36 bits per heavy atom. The van der Waals surface area contributed by atoms with Crippen molar-refractivity contribution in [2.75, 3.05) is 25.1 Å². The van der Waals surface area contributed by atoms with Crippen molar-refractivity contribution in [3.63, 3.8) is 0 Å². The maximum Gasteiger partial charge on any atom is 0.401 e. The molecule has 0 rings (SSSR count). The molecule has 0 saturated heterocycles. The minimum atomic E-state index is -4.08. The Hall–Kier alpha value is 0.100. The molecule has 0 bridgehead atoms. The van der Waals surface area contributed by atoms with Gasteiger partial charge in [-0.15, -0.1) is 0 Å². The van der Waals surface area contributed by atoms with Gasteiger partial charge in [0, 0.05) is 0 Å². The van der Waals surface area contributed by atoms with E-state index in [1.165, 1.54) is 0 Å². The summed E-state index contributed by atoms with van der Waals surface area (Å²) in [5.74, 6) is 1.41. The molecular formula is C9H18F3NS. The molecule has 1 atom stereocenters. The molecule has 5 heteroatoms. The first-order chi connectivity index (χ1) is 6.45. The van der Waals surface area contributed by atoms with Crippen molar-refractivity contribution in [2.45, 2.75) is 25.9 Å². The van der Waals surface area contributed by atoms with Crippen LogP contribution in [0.15, 0.2) is 0 Å². The fourth-order valence-electron chi connectivity index (χ4n) is 1.14. The number of hydrogen-bond acceptors (Lipinski definition) is 2. The Balaban J connectivity index is 3.31. The summed E-state index contributed by atoms with van der Waals surface area (Å²) in [6.45, 7) is 1.55. The van der Waals surface area contributed by atoms with Gasteiger partial charge in [0.05, 0.1) is 6.54 Å². The molecule has 0 aliphatic rings. The molecule has 14 heavy (non-hydrogen) atoms. The standard InChI is InChI=1S/C9H18F3NS/c1-8(4-3-5-14-2)6-13-7-9(10,11)12/h8,13H,3-7H2,1-2H3. The van der Waals surface area contributed by atoms with Crippen LogP contribution in [0.4, 0.5) is 13.2 Å².